The molecule has 186 valence electrons. The minimum Gasteiger partial charge on any atom is -0.463 e. The molecular formula is C23H35ClFN3O5. The number of rotatable bonds is 14. The highest BCUT2D eigenvalue weighted by Crippen LogP contribution is 2.46. The van der Waals surface area contributed by atoms with Crippen LogP contribution in [0.5, 0.6) is 0 Å². The monoisotopic (exact) mass is 487 g/mol. The van der Waals surface area contributed by atoms with Gasteiger partial charge in [0.1, 0.15) is 23.8 Å². The van der Waals surface area contributed by atoms with Crippen LogP contribution >= 0.6 is 11.6 Å². The van der Waals surface area contributed by atoms with E-state index >= 15 is 4.39 Å². The molecule has 2 heterocycles. The van der Waals surface area contributed by atoms with Gasteiger partial charge >= 0.3 is 11.7 Å². The third-order valence-electron chi connectivity index (χ3n) is 6.01. The molecule has 1 aromatic heterocycles. The number of esters is 1. The Kier molecular flexibility index (Phi) is 10.8. The van der Waals surface area contributed by atoms with Gasteiger partial charge in [0.05, 0.1) is 5.88 Å². The van der Waals surface area contributed by atoms with Gasteiger partial charge in [0, 0.05) is 31.4 Å². The van der Waals surface area contributed by atoms with E-state index in [1.54, 1.807) is 0 Å². The van der Waals surface area contributed by atoms with Crippen LogP contribution in [0.15, 0.2) is 17.1 Å². The van der Waals surface area contributed by atoms with Crippen LogP contribution in [0.4, 0.5) is 10.2 Å². The third-order valence-corrected chi connectivity index (χ3v) is 6.46. The highest BCUT2D eigenvalue weighted by molar-refractivity contribution is 6.18. The summed E-state index contributed by atoms with van der Waals surface area (Å²) in [6, 6.07) is 1.36. The van der Waals surface area contributed by atoms with Crippen LogP contribution in [0.25, 0.3) is 0 Å². The van der Waals surface area contributed by atoms with Gasteiger partial charge in [0.2, 0.25) is 0 Å². The van der Waals surface area contributed by atoms with Gasteiger partial charge in [-0.2, -0.15) is 4.98 Å². The van der Waals surface area contributed by atoms with Crippen molar-refractivity contribution in [2.45, 2.75) is 89.6 Å². The predicted molar refractivity (Wildman–Crippen MR) is 124 cm³/mol. The minimum absolute atomic E-state index is 0.00285. The molecule has 1 fully saturated rings. The molecule has 4 atom stereocenters. The first kappa shape index (κ1) is 27.2. The maximum atomic E-state index is 15.7. The van der Waals surface area contributed by atoms with Crippen molar-refractivity contribution in [2.75, 3.05) is 18.2 Å². The summed E-state index contributed by atoms with van der Waals surface area (Å²) in [6.07, 6.45) is 3.73. The molecule has 2 N–H and O–H groups in total. The van der Waals surface area contributed by atoms with Crippen molar-refractivity contribution in [3.63, 3.8) is 0 Å². The largest absolute Gasteiger partial charge is 0.463 e. The van der Waals surface area contributed by atoms with Crippen LogP contribution in [-0.2, 0) is 19.1 Å². The Bertz CT molecular complexity index is 852. The smallest absolute Gasteiger partial charge is 0.351 e. The topological polar surface area (TPSA) is 114 Å². The number of alkyl halides is 2. The van der Waals surface area contributed by atoms with Gasteiger partial charge in [-0.05, 0) is 18.9 Å². The Morgan fingerprint density at radius 2 is 1.91 bits per heavy atom. The fourth-order valence-electron chi connectivity index (χ4n) is 4.03. The second-order valence-corrected chi connectivity index (χ2v) is 8.88. The Hall–Kier alpha value is -2.00. The first-order valence-electron chi connectivity index (χ1n) is 11.7. The average Bonchev–Trinajstić information content (AvgIpc) is 3.05. The predicted octanol–water partition coefficient (Wildman–Crippen LogP) is 3.95. The number of nitrogens with two attached hydrogens (primary N) is 1. The summed E-state index contributed by atoms with van der Waals surface area (Å²) in [5.41, 5.74) is 3.31. The van der Waals surface area contributed by atoms with Gasteiger partial charge in [0.15, 0.2) is 12.4 Å². The fourth-order valence-corrected chi connectivity index (χ4v) is 4.37. The molecule has 0 saturated carbocycles. The van der Waals surface area contributed by atoms with Crippen molar-refractivity contribution in [3.05, 3.63) is 22.7 Å². The molecule has 1 saturated heterocycles. The molecule has 10 heteroatoms. The summed E-state index contributed by atoms with van der Waals surface area (Å²) in [7, 11) is 0. The number of carbonyl (C=O) groups excluding carboxylic acids is 2. The summed E-state index contributed by atoms with van der Waals surface area (Å²) < 4.78 is 28.1. The Morgan fingerprint density at radius 3 is 2.52 bits per heavy atom. The maximum absolute atomic E-state index is 15.7. The highest BCUT2D eigenvalue weighted by Gasteiger charge is 2.57. The SMILES string of the molecule is CCCCCC(=O)C[C@H]1[C@@H](F)[C@H](n2ccc(N)nc2=O)O[C@]1(CCl)COC(=O)CCCCC. The molecular weight excluding hydrogens is 453 g/mol. The molecule has 8 nitrogen and oxygen atoms in total. The number of carbonyl (C=O) groups is 2. The number of unbranched alkanes of at least 4 members (excludes halogenated alkanes) is 4. The number of ketones is 1. The van der Waals surface area contributed by atoms with Gasteiger partial charge in [-0.1, -0.05) is 39.5 Å². The molecule has 33 heavy (non-hydrogen) atoms. The lowest BCUT2D eigenvalue weighted by Gasteiger charge is -2.31. The van der Waals surface area contributed by atoms with E-state index in [0.717, 1.165) is 30.3 Å². The fraction of sp³-hybridized carbons (Fsp3) is 0.739. The average molecular weight is 488 g/mol. The van der Waals surface area contributed by atoms with Gasteiger partial charge in [-0.3, -0.25) is 14.2 Å². The first-order valence-corrected chi connectivity index (χ1v) is 12.2. The Morgan fingerprint density at radius 1 is 1.24 bits per heavy atom. The second kappa shape index (κ2) is 13.0. The lowest BCUT2D eigenvalue weighted by Crippen LogP contribution is -2.45. The highest BCUT2D eigenvalue weighted by atomic mass is 35.5. The van der Waals surface area contributed by atoms with E-state index < -0.39 is 35.6 Å². The normalized spacial score (nSPS) is 24.7. The Balaban J connectivity index is 2.26. The number of hydrogen-bond acceptors (Lipinski definition) is 7. The van der Waals surface area contributed by atoms with Crippen molar-refractivity contribution in [3.8, 4) is 0 Å². The zero-order valence-electron chi connectivity index (χ0n) is 19.4. The van der Waals surface area contributed by atoms with Gasteiger partial charge in [-0.15, -0.1) is 11.6 Å². The summed E-state index contributed by atoms with van der Waals surface area (Å²) in [5.74, 6) is -1.75. The van der Waals surface area contributed by atoms with E-state index in [9.17, 15) is 14.4 Å². The summed E-state index contributed by atoms with van der Waals surface area (Å²) in [6.45, 7) is 3.75. The molecule has 0 radical (unpaired) electrons. The van der Waals surface area contributed by atoms with Crippen molar-refractivity contribution < 1.29 is 23.5 Å². The van der Waals surface area contributed by atoms with Crippen LogP contribution in [0, 0.1) is 5.92 Å². The van der Waals surface area contributed by atoms with Crippen molar-refractivity contribution in [1.82, 2.24) is 9.55 Å². The number of hydrogen-bond donors (Lipinski definition) is 1. The van der Waals surface area contributed by atoms with Crippen LogP contribution < -0.4 is 11.4 Å². The third kappa shape index (κ3) is 7.24. The standard InChI is InChI=1S/C23H35ClFN3O5/c1-3-5-7-9-16(29)13-17-20(25)21(28-12-11-18(26)27-22(28)31)33-23(17,14-24)15-32-19(30)10-8-6-4-2/h11-12,17,20-21H,3-10,13-15H2,1-2H3,(H2,26,27,31)/t17-,20+,21+,23+/m0/s1. The summed E-state index contributed by atoms with van der Waals surface area (Å²) in [4.78, 5) is 40.8. The van der Waals surface area contributed by atoms with Crippen molar-refractivity contribution in [2.24, 2.45) is 5.92 Å². The number of ether oxygens (including phenoxy) is 2. The van der Waals surface area contributed by atoms with E-state index in [1.807, 2.05) is 13.8 Å². The van der Waals surface area contributed by atoms with Crippen molar-refractivity contribution in [1.29, 1.82) is 0 Å². The maximum Gasteiger partial charge on any atom is 0.351 e. The van der Waals surface area contributed by atoms with Crippen molar-refractivity contribution >= 4 is 29.2 Å². The van der Waals surface area contributed by atoms with Crippen LogP contribution in [-0.4, -0.2) is 45.6 Å². The molecule has 0 spiro atoms. The molecule has 1 aliphatic rings. The zero-order valence-corrected chi connectivity index (χ0v) is 20.2. The molecule has 0 aromatic carbocycles. The number of halogens is 2. The lowest BCUT2D eigenvalue weighted by atomic mass is 9.83. The lowest BCUT2D eigenvalue weighted by molar-refractivity contribution is -0.159. The molecule has 0 aliphatic carbocycles. The van der Waals surface area contributed by atoms with E-state index in [2.05, 4.69) is 4.98 Å². The number of Topliss-reactive ketones (excluding diaryl/α,β-unsaturated/α-hetero) is 1. The molecule has 0 amide bonds. The summed E-state index contributed by atoms with van der Waals surface area (Å²) >= 11 is 6.25. The quantitative estimate of drug-likeness (QED) is 0.240. The second-order valence-electron chi connectivity index (χ2n) is 8.62. The molecule has 1 aromatic rings. The van der Waals surface area contributed by atoms with E-state index in [4.69, 9.17) is 26.8 Å². The first-order chi connectivity index (χ1) is 15.8. The number of anilines is 1. The van der Waals surface area contributed by atoms with Crippen LogP contribution in [0.1, 0.15) is 77.9 Å². The zero-order chi connectivity index (χ0) is 24.4. The van der Waals surface area contributed by atoms with Gasteiger partial charge in [0.25, 0.3) is 0 Å². The Labute approximate surface area is 199 Å². The van der Waals surface area contributed by atoms with Crippen LogP contribution in [0.2, 0.25) is 0 Å². The molecule has 1 aliphatic heterocycles. The van der Waals surface area contributed by atoms with Gasteiger partial charge in [-0.25, -0.2) is 9.18 Å². The summed E-state index contributed by atoms with van der Waals surface area (Å²) in [5, 5.41) is 0. The van der Waals surface area contributed by atoms with E-state index in [-0.39, 0.29) is 36.9 Å². The number of nitrogen functional groups attached to an aromatic ring is 1. The van der Waals surface area contributed by atoms with Gasteiger partial charge < -0.3 is 15.2 Å². The molecule has 2 rings (SSSR count). The molecule has 0 unspecified atom stereocenters. The van der Waals surface area contributed by atoms with Crippen LogP contribution in [0.3, 0.4) is 0 Å². The number of aromatic nitrogens is 2. The number of nitrogens with zero attached hydrogens (tertiary/aromatic N) is 2. The minimum atomic E-state index is -1.74. The molecule has 0 bridgehead atoms. The van der Waals surface area contributed by atoms with E-state index in [1.165, 1.54) is 12.3 Å². The van der Waals surface area contributed by atoms with E-state index in [0.29, 0.717) is 19.3 Å².